The Bertz CT molecular complexity index is 818. The molecule has 3 rings (SSSR count). The van der Waals surface area contributed by atoms with E-state index in [1.54, 1.807) is 20.3 Å². The molecule has 0 bridgehead atoms. The standard InChI is InChI=1S/C22H27F3N2O2/c1-16(13-17-7-8-20(28-2)21(14-17)29-3)26-9-11-27(12-10-26)19-6-4-5-18(15-19)22(23,24)25/h4-8,14-16H,9-13H2,1-3H3/t16-/m0/s1. The van der Waals surface area contributed by atoms with Gasteiger partial charge in [0, 0.05) is 37.9 Å². The van der Waals surface area contributed by atoms with Crippen molar-refractivity contribution in [1.82, 2.24) is 4.90 Å². The summed E-state index contributed by atoms with van der Waals surface area (Å²) in [6.45, 7) is 5.21. The molecule has 29 heavy (non-hydrogen) atoms. The van der Waals surface area contributed by atoms with E-state index < -0.39 is 11.7 Å². The van der Waals surface area contributed by atoms with E-state index in [-0.39, 0.29) is 0 Å². The zero-order valence-corrected chi connectivity index (χ0v) is 17.0. The first-order valence-electron chi connectivity index (χ1n) is 9.69. The minimum Gasteiger partial charge on any atom is -0.493 e. The van der Waals surface area contributed by atoms with Gasteiger partial charge in [-0.05, 0) is 49.2 Å². The number of ether oxygens (including phenoxy) is 2. The Morgan fingerprint density at radius 1 is 0.931 bits per heavy atom. The van der Waals surface area contributed by atoms with Gasteiger partial charge in [-0.3, -0.25) is 4.90 Å². The number of nitrogens with zero attached hydrogens (tertiary/aromatic N) is 2. The molecule has 0 amide bonds. The number of hydrogen-bond acceptors (Lipinski definition) is 4. The summed E-state index contributed by atoms with van der Waals surface area (Å²) in [7, 11) is 3.24. The van der Waals surface area contributed by atoms with Crippen LogP contribution < -0.4 is 14.4 Å². The quantitative estimate of drug-likeness (QED) is 0.704. The molecule has 7 heteroatoms. The number of piperazine rings is 1. The molecule has 1 heterocycles. The molecule has 2 aromatic rings. The van der Waals surface area contributed by atoms with Crippen LogP contribution in [0.15, 0.2) is 42.5 Å². The van der Waals surface area contributed by atoms with Gasteiger partial charge in [0.15, 0.2) is 11.5 Å². The van der Waals surface area contributed by atoms with Crippen molar-refractivity contribution in [2.75, 3.05) is 45.3 Å². The lowest BCUT2D eigenvalue weighted by molar-refractivity contribution is -0.137. The topological polar surface area (TPSA) is 24.9 Å². The van der Waals surface area contributed by atoms with Crippen LogP contribution in [-0.4, -0.2) is 51.3 Å². The smallest absolute Gasteiger partial charge is 0.416 e. The summed E-state index contributed by atoms with van der Waals surface area (Å²) in [4.78, 5) is 4.40. The SMILES string of the molecule is COc1ccc(C[C@H](C)N2CCN(c3cccc(C(F)(F)F)c3)CC2)cc1OC. The van der Waals surface area contributed by atoms with Gasteiger partial charge in [0.1, 0.15) is 0 Å². The second-order valence-corrected chi connectivity index (χ2v) is 7.31. The van der Waals surface area contributed by atoms with E-state index in [1.165, 1.54) is 12.1 Å². The van der Waals surface area contributed by atoms with Gasteiger partial charge in [-0.15, -0.1) is 0 Å². The molecule has 1 aliphatic heterocycles. The van der Waals surface area contributed by atoms with E-state index >= 15 is 0 Å². The predicted octanol–water partition coefficient (Wildman–Crippen LogP) is 4.48. The van der Waals surface area contributed by atoms with Crippen LogP contribution in [0.5, 0.6) is 11.5 Å². The van der Waals surface area contributed by atoms with E-state index in [2.05, 4.69) is 11.8 Å². The summed E-state index contributed by atoms with van der Waals surface area (Å²) in [5, 5.41) is 0. The van der Waals surface area contributed by atoms with Crippen molar-refractivity contribution in [3.8, 4) is 11.5 Å². The molecule has 0 N–H and O–H groups in total. The highest BCUT2D eigenvalue weighted by atomic mass is 19.4. The van der Waals surface area contributed by atoms with Crippen LogP contribution in [0.25, 0.3) is 0 Å². The summed E-state index contributed by atoms with van der Waals surface area (Å²) in [5.41, 5.74) is 1.20. The first-order chi connectivity index (χ1) is 13.8. The van der Waals surface area contributed by atoms with Crippen molar-refractivity contribution in [1.29, 1.82) is 0 Å². The normalized spacial score (nSPS) is 16.6. The molecule has 0 saturated carbocycles. The third kappa shape index (κ3) is 5.15. The second-order valence-electron chi connectivity index (χ2n) is 7.31. The van der Waals surface area contributed by atoms with Crippen molar-refractivity contribution in [2.24, 2.45) is 0 Å². The second kappa shape index (κ2) is 8.95. The number of halogens is 3. The van der Waals surface area contributed by atoms with Crippen LogP contribution >= 0.6 is 0 Å². The molecule has 0 spiro atoms. The van der Waals surface area contributed by atoms with E-state index in [0.29, 0.717) is 36.3 Å². The maximum absolute atomic E-state index is 13.0. The lowest BCUT2D eigenvalue weighted by Gasteiger charge is -2.39. The average Bonchev–Trinajstić information content (AvgIpc) is 2.73. The van der Waals surface area contributed by atoms with Crippen LogP contribution in [-0.2, 0) is 12.6 Å². The zero-order chi connectivity index (χ0) is 21.0. The molecular formula is C22H27F3N2O2. The molecule has 0 aliphatic carbocycles. The number of anilines is 1. The van der Waals surface area contributed by atoms with E-state index in [4.69, 9.17) is 9.47 Å². The molecule has 0 aromatic heterocycles. The average molecular weight is 408 g/mol. The maximum Gasteiger partial charge on any atom is 0.416 e. The highest BCUT2D eigenvalue weighted by Gasteiger charge is 2.31. The molecule has 1 aliphatic rings. The van der Waals surface area contributed by atoms with Gasteiger partial charge in [-0.1, -0.05) is 12.1 Å². The van der Waals surface area contributed by atoms with Crippen molar-refractivity contribution < 1.29 is 22.6 Å². The largest absolute Gasteiger partial charge is 0.493 e. The molecule has 2 aromatic carbocycles. The van der Waals surface area contributed by atoms with Crippen molar-refractivity contribution >= 4 is 5.69 Å². The van der Waals surface area contributed by atoms with E-state index in [1.807, 2.05) is 23.1 Å². The van der Waals surface area contributed by atoms with Gasteiger partial charge in [0.25, 0.3) is 0 Å². The van der Waals surface area contributed by atoms with Gasteiger partial charge >= 0.3 is 6.18 Å². The number of methoxy groups -OCH3 is 2. The summed E-state index contributed by atoms with van der Waals surface area (Å²) in [5.74, 6) is 1.42. The Morgan fingerprint density at radius 3 is 2.24 bits per heavy atom. The Morgan fingerprint density at radius 2 is 1.62 bits per heavy atom. The predicted molar refractivity (Wildman–Crippen MR) is 108 cm³/mol. The summed E-state index contributed by atoms with van der Waals surface area (Å²) in [6.07, 6.45) is -3.45. The maximum atomic E-state index is 13.0. The fourth-order valence-electron chi connectivity index (χ4n) is 3.78. The molecular weight excluding hydrogens is 381 g/mol. The summed E-state index contributed by atoms with van der Waals surface area (Å²) in [6, 6.07) is 11.8. The van der Waals surface area contributed by atoms with Gasteiger partial charge < -0.3 is 14.4 Å². The summed E-state index contributed by atoms with van der Waals surface area (Å²) >= 11 is 0. The third-order valence-electron chi connectivity index (χ3n) is 5.46. The zero-order valence-electron chi connectivity index (χ0n) is 17.0. The first-order valence-corrected chi connectivity index (χ1v) is 9.69. The van der Waals surface area contributed by atoms with Crippen LogP contribution in [0.4, 0.5) is 18.9 Å². The highest BCUT2D eigenvalue weighted by Crippen LogP contribution is 2.32. The summed E-state index contributed by atoms with van der Waals surface area (Å²) < 4.78 is 49.6. The molecule has 1 atom stereocenters. The van der Waals surface area contributed by atoms with Crippen molar-refractivity contribution in [3.63, 3.8) is 0 Å². The van der Waals surface area contributed by atoms with Crippen molar-refractivity contribution in [3.05, 3.63) is 53.6 Å². The number of hydrogen-bond donors (Lipinski definition) is 0. The Hall–Kier alpha value is -2.41. The van der Waals surface area contributed by atoms with Crippen LogP contribution in [0, 0.1) is 0 Å². The third-order valence-corrected chi connectivity index (χ3v) is 5.46. The van der Waals surface area contributed by atoms with Gasteiger partial charge in [-0.2, -0.15) is 13.2 Å². The number of benzene rings is 2. The number of rotatable bonds is 6. The minimum absolute atomic E-state index is 0.316. The van der Waals surface area contributed by atoms with Crippen molar-refractivity contribution in [2.45, 2.75) is 25.6 Å². The van der Waals surface area contributed by atoms with Gasteiger partial charge in [0.2, 0.25) is 0 Å². The lowest BCUT2D eigenvalue weighted by atomic mass is 10.0. The van der Waals surface area contributed by atoms with Crippen LogP contribution in [0.2, 0.25) is 0 Å². The molecule has 158 valence electrons. The van der Waals surface area contributed by atoms with E-state index in [0.717, 1.165) is 31.1 Å². The molecule has 4 nitrogen and oxygen atoms in total. The Labute approximate surface area is 169 Å². The fraction of sp³-hybridized carbons (Fsp3) is 0.455. The van der Waals surface area contributed by atoms with Gasteiger partial charge in [0.05, 0.1) is 19.8 Å². The molecule has 1 fully saturated rings. The molecule has 0 unspecified atom stereocenters. The fourth-order valence-corrected chi connectivity index (χ4v) is 3.78. The van der Waals surface area contributed by atoms with Crippen LogP contribution in [0.1, 0.15) is 18.1 Å². The first kappa shape index (κ1) is 21.3. The minimum atomic E-state index is -4.31. The molecule has 1 saturated heterocycles. The Balaban J connectivity index is 1.59. The monoisotopic (exact) mass is 408 g/mol. The van der Waals surface area contributed by atoms with Gasteiger partial charge in [-0.25, -0.2) is 0 Å². The Kier molecular flexibility index (Phi) is 6.57. The number of alkyl halides is 3. The van der Waals surface area contributed by atoms with Crippen LogP contribution in [0.3, 0.4) is 0 Å². The molecule has 0 radical (unpaired) electrons. The van der Waals surface area contributed by atoms with E-state index in [9.17, 15) is 13.2 Å². The lowest BCUT2D eigenvalue weighted by Crippen LogP contribution is -2.50. The highest BCUT2D eigenvalue weighted by molar-refractivity contribution is 5.49.